The first-order valence-corrected chi connectivity index (χ1v) is 22.0. The quantitative estimate of drug-likeness (QED) is 0.0562. The maximum atomic E-state index is 13.8. The Labute approximate surface area is 355 Å². The molecule has 0 saturated carbocycles. The van der Waals surface area contributed by atoms with Gasteiger partial charge in [-0.1, -0.05) is 66.8 Å². The van der Waals surface area contributed by atoms with E-state index in [-0.39, 0.29) is 48.7 Å². The summed E-state index contributed by atoms with van der Waals surface area (Å²) in [5, 5.41) is 12.1. The number of ether oxygens (including phenoxy) is 3. The first kappa shape index (κ1) is 43.0. The maximum Gasteiger partial charge on any atom is 0.407 e. The second-order valence-corrected chi connectivity index (χ2v) is 16.5. The number of para-hydroxylation sites is 1. The number of rotatable bonds is 21. The van der Waals surface area contributed by atoms with E-state index >= 15 is 0 Å². The Morgan fingerprint density at radius 1 is 0.833 bits per heavy atom. The van der Waals surface area contributed by atoms with E-state index < -0.39 is 6.09 Å². The lowest BCUT2D eigenvalue weighted by Gasteiger charge is -2.27. The molecule has 318 valence electrons. The van der Waals surface area contributed by atoms with Crippen LogP contribution in [0, 0.1) is 11.8 Å². The fourth-order valence-electron chi connectivity index (χ4n) is 7.72. The number of unbranched alkanes of at least 4 members (excludes halogenated alkanes) is 1. The Kier molecular flexibility index (Phi) is 15.7. The summed E-state index contributed by atoms with van der Waals surface area (Å²) in [6, 6.07) is 23.3. The summed E-state index contributed by atoms with van der Waals surface area (Å²) >= 11 is 1.90. The van der Waals surface area contributed by atoms with Gasteiger partial charge in [0.2, 0.25) is 5.91 Å². The Balaban J connectivity index is 0.689. The molecule has 5 N–H and O–H groups in total. The third-order valence-electron chi connectivity index (χ3n) is 10.9. The average Bonchev–Trinajstić information content (AvgIpc) is 3.99. The average molecular weight is 839 g/mol. The predicted molar refractivity (Wildman–Crippen MR) is 228 cm³/mol. The standard InChI is InChI=1S/C45H54N6O8S/c52-41(14-6-5-13-40-42-38(30-60-40)48-44(54)49-42)46-21-7-23-56-25-26-57-24-8-22-47-45(55)58-29-31-15-17-33(18-16-31)37-27-35(59-50-37)28-51-39-12-4-2-10-34(39)20-19-32-9-1-3-11-36(32)43(51)53/h1-4,9-12,15-18,35,37-38,40,42,50H,5-8,13-14,21-30H2,(H,46,52)(H,47,55)(H2,48,49,54)/t35?,37?,38-,40?,42-/m0/s1. The first-order chi connectivity index (χ1) is 29.4. The number of carbonyl (C=O) groups is 4. The van der Waals surface area contributed by atoms with Gasteiger partial charge in [-0.3, -0.25) is 14.4 Å². The van der Waals surface area contributed by atoms with Crippen LogP contribution in [-0.4, -0.2) is 99.2 Å². The summed E-state index contributed by atoms with van der Waals surface area (Å²) in [4.78, 5) is 57.5. The van der Waals surface area contributed by atoms with E-state index in [4.69, 9.17) is 19.0 Å². The summed E-state index contributed by atoms with van der Waals surface area (Å²) in [5.74, 6) is 7.30. The van der Waals surface area contributed by atoms with Gasteiger partial charge in [-0.25, -0.2) is 9.59 Å². The van der Waals surface area contributed by atoms with Crippen molar-refractivity contribution in [2.45, 2.75) is 81.0 Å². The monoisotopic (exact) mass is 838 g/mol. The van der Waals surface area contributed by atoms with Gasteiger partial charge in [-0.2, -0.15) is 17.2 Å². The molecule has 3 aromatic carbocycles. The number of alkyl carbamates (subject to hydrolysis) is 1. The lowest BCUT2D eigenvalue weighted by atomic mass is 9.99. The molecule has 0 spiro atoms. The normalized spacial score (nSPS) is 21.3. The highest BCUT2D eigenvalue weighted by Crippen LogP contribution is 2.33. The van der Waals surface area contributed by atoms with Gasteiger partial charge in [-0.05, 0) is 67.5 Å². The maximum absolute atomic E-state index is 13.8. The molecule has 3 saturated heterocycles. The molecule has 0 aliphatic carbocycles. The lowest BCUT2D eigenvalue weighted by Crippen LogP contribution is -2.39. The molecule has 60 heavy (non-hydrogen) atoms. The minimum absolute atomic E-state index is 0.0619. The van der Waals surface area contributed by atoms with Crippen LogP contribution >= 0.6 is 11.8 Å². The van der Waals surface area contributed by atoms with Crippen molar-refractivity contribution in [3.63, 3.8) is 0 Å². The minimum atomic E-state index is -0.489. The summed E-state index contributed by atoms with van der Waals surface area (Å²) < 4.78 is 16.6. The Morgan fingerprint density at radius 2 is 1.57 bits per heavy atom. The molecule has 4 aliphatic rings. The van der Waals surface area contributed by atoms with E-state index in [0.717, 1.165) is 53.8 Å². The van der Waals surface area contributed by atoms with Gasteiger partial charge in [0, 0.05) is 54.9 Å². The summed E-state index contributed by atoms with van der Waals surface area (Å²) in [5.41, 5.74) is 7.88. The van der Waals surface area contributed by atoms with Gasteiger partial charge in [0.1, 0.15) is 6.61 Å². The van der Waals surface area contributed by atoms with E-state index in [1.807, 2.05) is 84.6 Å². The zero-order valence-corrected chi connectivity index (χ0v) is 34.6. The van der Waals surface area contributed by atoms with Gasteiger partial charge in [0.15, 0.2) is 0 Å². The number of hydrogen-bond donors (Lipinski definition) is 5. The zero-order chi connectivity index (χ0) is 41.5. The molecule has 14 nitrogen and oxygen atoms in total. The number of benzene rings is 3. The number of fused-ring (bicyclic) bond motifs is 3. The molecule has 3 aromatic rings. The Morgan fingerprint density at radius 3 is 2.38 bits per heavy atom. The van der Waals surface area contributed by atoms with Crippen LogP contribution in [0.1, 0.15) is 83.6 Å². The number of nitrogens with zero attached hydrogens (tertiary/aromatic N) is 1. The lowest BCUT2D eigenvalue weighted by molar-refractivity contribution is -0.121. The molecular weight excluding hydrogens is 785 g/mol. The number of carbonyl (C=O) groups excluding carboxylic acids is 4. The largest absolute Gasteiger partial charge is 0.445 e. The molecule has 5 amide bonds. The Bertz CT molecular complexity index is 2010. The summed E-state index contributed by atoms with van der Waals surface area (Å²) in [6.07, 6.45) is 4.64. The van der Waals surface area contributed by atoms with Crippen LogP contribution in [-0.2, 0) is 30.4 Å². The van der Waals surface area contributed by atoms with Crippen molar-refractivity contribution >= 4 is 41.4 Å². The van der Waals surface area contributed by atoms with Gasteiger partial charge >= 0.3 is 12.1 Å². The van der Waals surface area contributed by atoms with Crippen LogP contribution in [0.3, 0.4) is 0 Å². The van der Waals surface area contributed by atoms with E-state index in [2.05, 4.69) is 38.6 Å². The van der Waals surface area contributed by atoms with Crippen molar-refractivity contribution in [1.82, 2.24) is 26.7 Å². The summed E-state index contributed by atoms with van der Waals surface area (Å²) in [7, 11) is 0. The molecule has 3 unspecified atom stereocenters. The zero-order valence-electron chi connectivity index (χ0n) is 33.8. The third kappa shape index (κ3) is 12.0. The number of hydroxylamine groups is 1. The van der Waals surface area contributed by atoms with Crippen LogP contribution in [0.15, 0.2) is 72.8 Å². The van der Waals surface area contributed by atoms with Crippen LogP contribution in [0.4, 0.5) is 15.3 Å². The molecule has 0 radical (unpaired) electrons. The van der Waals surface area contributed by atoms with Crippen LogP contribution in [0.2, 0.25) is 0 Å². The van der Waals surface area contributed by atoms with E-state index in [0.29, 0.717) is 81.7 Å². The van der Waals surface area contributed by atoms with Crippen molar-refractivity contribution in [1.29, 1.82) is 0 Å². The smallest absolute Gasteiger partial charge is 0.407 e. The minimum Gasteiger partial charge on any atom is -0.445 e. The number of amides is 5. The second kappa shape index (κ2) is 21.9. The highest BCUT2D eigenvalue weighted by atomic mass is 32.2. The predicted octanol–water partition coefficient (Wildman–Crippen LogP) is 4.96. The van der Waals surface area contributed by atoms with Crippen molar-refractivity contribution < 1.29 is 38.2 Å². The highest BCUT2D eigenvalue weighted by Gasteiger charge is 2.42. The molecule has 0 bridgehead atoms. The third-order valence-corrected chi connectivity index (χ3v) is 12.4. The number of thioether (sulfide) groups is 1. The Hall–Kier alpha value is -5.11. The van der Waals surface area contributed by atoms with Crippen LogP contribution < -0.4 is 31.6 Å². The van der Waals surface area contributed by atoms with E-state index in [9.17, 15) is 19.2 Å². The number of hydrogen-bond acceptors (Lipinski definition) is 10. The van der Waals surface area contributed by atoms with Crippen molar-refractivity contribution in [3.8, 4) is 11.8 Å². The topological polar surface area (TPSA) is 169 Å². The van der Waals surface area contributed by atoms with Gasteiger partial charge < -0.3 is 40.4 Å². The van der Waals surface area contributed by atoms with Crippen LogP contribution in [0.5, 0.6) is 0 Å². The SMILES string of the molecule is O=C(CCCCC1SC[C@@H]2NC(=O)N[C@H]12)NCCCOCCOCCCNC(=O)OCc1ccc(C2CC(CN3C(=O)c4ccccc4C#Cc4ccccc43)ON2)cc1. The highest BCUT2D eigenvalue weighted by molar-refractivity contribution is 8.00. The molecule has 4 aliphatic heterocycles. The fourth-order valence-corrected chi connectivity index (χ4v) is 9.26. The van der Waals surface area contributed by atoms with E-state index in [1.165, 1.54) is 0 Å². The molecule has 15 heteroatoms. The molecule has 0 aromatic heterocycles. The van der Waals surface area contributed by atoms with Gasteiger partial charge in [0.05, 0.1) is 55.2 Å². The molecule has 3 fully saturated rings. The first-order valence-electron chi connectivity index (χ1n) is 20.9. The van der Waals surface area contributed by atoms with Crippen molar-refractivity contribution in [2.24, 2.45) is 0 Å². The summed E-state index contributed by atoms with van der Waals surface area (Å²) in [6.45, 7) is 3.45. The number of nitrogens with one attached hydrogen (secondary N) is 5. The molecule has 7 rings (SSSR count). The number of anilines is 1. The fraction of sp³-hybridized carbons (Fsp3) is 0.467. The van der Waals surface area contributed by atoms with E-state index in [1.54, 1.807) is 4.90 Å². The van der Waals surface area contributed by atoms with Crippen molar-refractivity contribution in [2.75, 3.05) is 56.7 Å². The van der Waals surface area contributed by atoms with Gasteiger partial charge in [0.25, 0.3) is 5.91 Å². The molecular formula is C45H54N6O8S. The van der Waals surface area contributed by atoms with Gasteiger partial charge in [-0.15, -0.1) is 0 Å². The molecule has 4 heterocycles. The van der Waals surface area contributed by atoms with Crippen LogP contribution in [0.25, 0.3) is 0 Å². The van der Waals surface area contributed by atoms with Crippen molar-refractivity contribution in [3.05, 3.63) is 101 Å². The second-order valence-electron chi connectivity index (χ2n) is 15.3. The molecule has 5 atom stereocenters. The number of urea groups is 1.